The van der Waals surface area contributed by atoms with E-state index >= 15 is 0 Å². The zero-order chi connectivity index (χ0) is 20.4. The quantitative estimate of drug-likeness (QED) is 0.218. The smallest absolute Gasteiger partial charge is 0.337 e. The number of aliphatic hydroxyl groups excluding tert-OH is 1. The van der Waals surface area contributed by atoms with Gasteiger partial charge in [-0.15, -0.1) is 0 Å². The van der Waals surface area contributed by atoms with Crippen LogP contribution in [0.15, 0.2) is 59.3 Å². The van der Waals surface area contributed by atoms with E-state index in [1.165, 1.54) is 13.2 Å². The van der Waals surface area contributed by atoms with Gasteiger partial charge in [0.25, 0.3) is 0 Å². The lowest BCUT2D eigenvalue weighted by Gasteiger charge is -2.03. The summed E-state index contributed by atoms with van der Waals surface area (Å²) in [5.41, 5.74) is 1.38. The first kappa shape index (κ1) is 22.0. The second-order valence-electron chi connectivity index (χ2n) is 5.85. The highest BCUT2D eigenvalue weighted by atomic mass is 16.5. The molecule has 2 N–H and O–H groups in total. The molecule has 7 nitrogen and oxygen atoms in total. The molecule has 1 heterocycles. The number of methoxy groups -OCH3 is 1. The lowest BCUT2D eigenvalue weighted by atomic mass is 9.97. The van der Waals surface area contributed by atoms with Crippen molar-refractivity contribution in [2.45, 2.75) is 20.3 Å². The van der Waals surface area contributed by atoms with Crippen molar-refractivity contribution in [1.82, 2.24) is 5.32 Å². The Morgan fingerprint density at radius 2 is 1.93 bits per heavy atom. The number of hydrogen-bond donors (Lipinski definition) is 2. The molecule has 1 aliphatic heterocycles. The van der Waals surface area contributed by atoms with Crippen molar-refractivity contribution in [2.24, 2.45) is 5.92 Å². The zero-order valence-corrected chi connectivity index (χ0v) is 15.5. The van der Waals surface area contributed by atoms with Crippen LogP contribution in [0, 0.1) is 5.92 Å². The molecule has 1 fully saturated rings. The summed E-state index contributed by atoms with van der Waals surface area (Å²) in [7, 11) is 1.26. The Balaban J connectivity index is 2.70. The number of ether oxygens (including phenoxy) is 1. The van der Waals surface area contributed by atoms with Crippen molar-refractivity contribution in [3.63, 3.8) is 0 Å². The number of hydrogen-bond acceptors (Lipinski definition) is 6. The van der Waals surface area contributed by atoms with Crippen LogP contribution in [0.4, 0.5) is 0 Å². The Morgan fingerprint density at radius 3 is 2.48 bits per heavy atom. The third kappa shape index (κ3) is 6.99. The molecular weight excluding hydrogens is 350 g/mol. The maximum absolute atomic E-state index is 12.1. The fourth-order valence-electron chi connectivity index (χ4n) is 2.30. The Bertz CT molecular complexity index is 767. The lowest BCUT2D eigenvalue weighted by molar-refractivity contribution is -0.136. The van der Waals surface area contributed by atoms with Crippen molar-refractivity contribution in [3.05, 3.63) is 59.3 Å². The number of aliphatic hydroxyl groups is 1. The number of ketones is 1. The number of rotatable bonds is 8. The number of imide groups is 1. The van der Waals surface area contributed by atoms with E-state index in [4.69, 9.17) is 5.11 Å². The van der Waals surface area contributed by atoms with Crippen molar-refractivity contribution < 1.29 is 29.0 Å². The summed E-state index contributed by atoms with van der Waals surface area (Å²) in [5.74, 6) is -2.86. The van der Waals surface area contributed by atoms with Gasteiger partial charge in [-0.3, -0.25) is 19.7 Å². The number of allylic oxidation sites excluding steroid dienone is 7. The van der Waals surface area contributed by atoms with Crippen LogP contribution >= 0.6 is 0 Å². The molecule has 0 radical (unpaired) electrons. The number of carbonyl (C=O) groups excluding carboxylic acids is 4. The number of carbonyl (C=O) groups is 4. The van der Waals surface area contributed by atoms with E-state index in [1.807, 2.05) is 0 Å². The van der Waals surface area contributed by atoms with Crippen LogP contribution < -0.4 is 5.32 Å². The van der Waals surface area contributed by atoms with E-state index in [0.29, 0.717) is 5.57 Å². The van der Waals surface area contributed by atoms with Crippen molar-refractivity contribution in [3.8, 4) is 0 Å². The molecule has 0 aromatic heterocycles. The molecular formula is C20H23NO6. The fraction of sp³-hybridized carbons (Fsp3) is 0.300. The maximum Gasteiger partial charge on any atom is 0.337 e. The fourth-order valence-corrected chi connectivity index (χ4v) is 2.30. The molecule has 0 aromatic carbocycles. The van der Waals surface area contributed by atoms with Gasteiger partial charge in [0, 0.05) is 6.42 Å². The minimum absolute atomic E-state index is 0.111. The number of esters is 1. The third-order valence-corrected chi connectivity index (χ3v) is 3.72. The Morgan fingerprint density at radius 1 is 1.22 bits per heavy atom. The molecule has 27 heavy (non-hydrogen) atoms. The predicted molar refractivity (Wildman–Crippen MR) is 99.2 cm³/mol. The summed E-state index contributed by atoms with van der Waals surface area (Å²) in [6.45, 7) is 3.08. The van der Waals surface area contributed by atoms with Gasteiger partial charge in [-0.1, -0.05) is 36.0 Å². The average molecular weight is 373 g/mol. The van der Waals surface area contributed by atoms with Crippen LogP contribution in [0.25, 0.3) is 0 Å². The van der Waals surface area contributed by atoms with Crippen molar-refractivity contribution in [1.29, 1.82) is 0 Å². The van der Waals surface area contributed by atoms with Crippen LogP contribution in [0.3, 0.4) is 0 Å². The largest absolute Gasteiger partial charge is 0.465 e. The highest BCUT2D eigenvalue weighted by Gasteiger charge is 2.36. The first-order valence-electron chi connectivity index (χ1n) is 8.27. The van der Waals surface area contributed by atoms with Crippen LogP contribution in [0.1, 0.15) is 20.3 Å². The van der Waals surface area contributed by atoms with Gasteiger partial charge < -0.3 is 9.84 Å². The van der Waals surface area contributed by atoms with Gasteiger partial charge in [0.05, 0.1) is 19.3 Å². The molecule has 0 aromatic rings. The average Bonchev–Trinajstić information content (AvgIpc) is 2.97. The predicted octanol–water partition coefficient (Wildman–Crippen LogP) is 1.31. The molecule has 2 amide bonds. The first-order valence-corrected chi connectivity index (χ1v) is 8.27. The SMILES string of the molecule is COC(=O)C(C=C(C)C=CC=CC=C(C)C(=O)C1CC(=O)NC1=O)=CCO. The lowest BCUT2D eigenvalue weighted by Crippen LogP contribution is -2.26. The standard InChI is InChI=1S/C20H23NO6/c1-13(11-15(9-10-22)20(26)27-3)7-5-4-6-8-14(2)18(24)16-12-17(23)21-19(16)25/h4-9,11,16,22H,10,12H2,1-3H3,(H,21,23,25). The molecule has 7 heteroatoms. The van der Waals surface area contributed by atoms with E-state index in [0.717, 1.165) is 5.57 Å². The molecule has 1 aliphatic rings. The van der Waals surface area contributed by atoms with Crippen LogP contribution in [0.2, 0.25) is 0 Å². The Kier molecular flexibility index (Phi) is 8.81. The maximum atomic E-state index is 12.1. The number of Topliss-reactive ketones (excluding diaryl/α,β-unsaturated/α-hetero) is 1. The van der Waals surface area contributed by atoms with Crippen LogP contribution in [0.5, 0.6) is 0 Å². The normalized spacial score (nSPS) is 19.1. The second kappa shape index (κ2) is 10.8. The minimum atomic E-state index is -0.946. The Labute approximate surface area is 157 Å². The topological polar surface area (TPSA) is 110 Å². The van der Waals surface area contributed by atoms with Gasteiger partial charge in [0.1, 0.15) is 5.92 Å². The molecule has 144 valence electrons. The molecule has 1 atom stereocenters. The summed E-state index contributed by atoms with van der Waals surface area (Å²) < 4.78 is 4.62. The van der Waals surface area contributed by atoms with Gasteiger partial charge >= 0.3 is 5.97 Å². The first-order chi connectivity index (χ1) is 12.8. The monoisotopic (exact) mass is 373 g/mol. The van der Waals surface area contributed by atoms with Crippen LogP contribution in [-0.2, 0) is 23.9 Å². The number of nitrogens with one attached hydrogen (secondary N) is 1. The van der Waals surface area contributed by atoms with Gasteiger partial charge in [-0.05, 0) is 31.6 Å². The number of amides is 2. The van der Waals surface area contributed by atoms with E-state index in [1.54, 1.807) is 50.3 Å². The van der Waals surface area contributed by atoms with Gasteiger partial charge in [-0.2, -0.15) is 0 Å². The molecule has 0 spiro atoms. The second-order valence-corrected chi connectivity index (χ2v) is 5.85. The summed E-state index contributed by atoms with van der Waals surface area (Å²) >= 11 is 0. The van der Waals surface area contributed by atoms with Crippen molar-refractivity contribution in [2.75, 3.05) is 13.7 Å². The highest BCUT2D eigenvalue weighted by molar-refractivity contribution is 6.18. The van der Waals surface area contributed by atoms with E-state index in [2.05, 4.69) is 10.1 Å². The van der Waals surface area contributed by atoms with Gasteiger partial charge in [0.15, 0.2) is 5.78 Å². The van der Waals surface area contributed by atoms with Gasteiger partial charge in [0.2, 0.25) is 11.8 Å². The van der Waals surface area contributed by atoms with Crippen molar-refractivity contribution >= 4 is 23.6 Å². The molecule has 0 bridgehead atoms. The molecule has 1 saturated heterocycles. The molecule has 0 saturated carbocycles. The third-order valence-electron chi connectivity index (χ3n) is 3.72. The molecule has 1 unspecified atom stereocenters. The van der Waals surface area contributed by atoms with Crippen LogP contribution in [-0.4, -0.2) is 42.4 Å². The van der Waals surface area contributed by atoms with E-state index in [-0.39, 0.29) is 24.4 Å². The zero-order valence-electron chi connectivity index (χ0n) is 15.5. The van der Waals surface area contributed by atoms with E-state index in [9.17, 15) is 19.2 Å². The van der Waals surface area contributed by atoms with Gasteiger partial charge in [-0.25, -0.2) is 4.79 Å². The molecule has 0 aliphatic carbocycles. The van der Waals surface area contributed by atoms with E-state index < -0.39 is 23.7 Å². The molecule has 1 rings (SSSR count). The minimum Gasteiger partial charge on any atom is -0.465 e. The summed E-state index contributed by atoms with van der Waals surface area (Å²) in [6.07, 6.45) is 11.1. The Hall–Kier alpha value is -3.06. The summed E-state index contributed by atoms with van der Waals surface area (Å²) in [6, 6.07) is 0. The summed E-state index contributed by atoms with van der Waals surface area (Å²) in [5, 5.41) is 11.0. The highest BCUT2D eigenvalue weighted by Crippen LogP contribution is 2.16. The summed E-state index contributed by atoms with van der Waals surface area (Å²) in [4.78, 5) is 46.3.